The van der Waals surface area contributed by atoms with Gasteiger partial charge in [0.1, 0.15) is 22.9 Å². The van der Waals surface area contributed by atoms with Crippen LogP contribution in [-0.4, -0.2) is 47.0 Å². The van der Waals surface area contributed by atoms with Crippen LogP contribution in [0.2, 0.25) is 0 Å². The van der Waals surface area contributed by atoms with Gasteiger partial charge >= 0.3 is 6.09 Å². The van der Waals surface area contributed by atoms with Gasteiger partial charge in [0.15, 0.2) is 11.3 Å². The maximum atomic E-state index is 13.1. The van der Waals surface area contributed by atoms with E-state index in [0.717, 1.165) is 46.2 Å². The van der Waals surface area contributed by atoms with Crippen LogP contribution in [0.5, 0.6) is 11.5 Å². The number of anilines is 2. The first-order valence-corrected chi connectivity index (χ1v) is 15.5. The van der Waals surface area contributed by atoms with E-state index in [4.69, 9.17) is 13.9 Å². The molecule has 0 fully saturated rings. The fourth-order valence-electron chi connectivity index (χ4n) is 5.78. The van der Waals surface area contributed by atoms with Crippen molar-refractivity contribution >= 4 is 46.5 Å². The monoisotopic (exact) mass is 622 g/mol. The number of rotatable bonds is 6. The molecule has 2 aliphatic heterocycles. The van der Waals surface area contributed by atoms with Gasteiger partial charge in [-0.2, -0.15) is 0 Å². The van der Waals surface area contributed by atoms with Crippen molar-refractivity contribution in [1.29, 1.82) is 0 Å². The van der Waals surface area contributed by atoms with E-state index in [1.54, 1.807) is 29.1 Å². The summed E-state index contributed by atoms with van der Waals surface area (Å²) >= 11 is 0. The number of aryl methyl sites for hydroxylation is 2. The van der Waals surface area contributed by atoms with E-state index in [0.29, 0.717) is 54.6 Å². The number of carbonyl (C=O) groups is 3. The molecule has 46 heavy (non-hydrogen) atoms. The summed E-state index contributed by atoms with van der Waals surface area (Å²) in [4.78, 5) is 45.3. The average Bonchev–Trinajstić information content (AvgIpc) is 3.50. The molecule has 238 valence electrons. The molecule has 6 rings (SSSR count). The predicted molar refractivity (Wildman–Crippen MR) is 176 cm³/mol. The third kappa shape index (κ3) is 6.61. The van der Waals surface area contributed by atoms with Crippen LogP contribution in [-0.2, 0) is 33.7 Å². The van der Waals surface area contributed by atoms with E-state index in [9.17, 15) is 14.4 Å². The van der Waals surface area contributed by atoms with Gasteiger partial charge in [0.05, 0.1) is 5.69 Å². The van der Waals surface area contributed by atoms with Gasteiger partial charge in [-0.25, -0.2) is 9.78 Å². The Balaban J connectivity index is 1.15. The molecule has 2 aromatic heterocycles. The van der Waals surface area contributed by atoms with Crippen LogP contribution < -0.4 is 15.0 Å². The molecule has 0 spiro atoms. The number of aromatic nitrogens is 1. The van der Waals surface area contributed by atoms with Gasteiger partial charge in [-0.15, -0.1) is 0 Å². The number of hydrogen-bond donors (Lipinski definition) is 1. The van der Waals surface area contributed by atoms with Gasteiger partial charge in [0.2, 0.25) is 11.8 Å². The number of furan rings is 1. The first-order chi connectivity index (χ1) is 21.9. The molecule has 2 aliphatic rings. The van der Waals surface area contributed by atoms with E-state index >= 15 is 0 Å². The van der Waals surface area contributed by atoms with Gasteiger partial charge in [-0.05, 0) is 100 Å². The Kier molecular flexibility index (Phi) is 8.29. The molecule has 10 heteroatoms. The van der Waals surface area contributed by atoms with E-state index in [1.807, 2.05) is 70.2 Å². The molecular weight excluding hydrogens is 584 g/mol. The lowest BCUT2D eigenvalue weighted by Gasteiger charge is -2.24. The maximum Gasteiger partial charge on any atom is 0.414 e. The van der Waals surface area contributed by atoms with E-state index in [-0.39, 0.29) is 17.9 Å². The van der Waals surface area contributed by atoms with Crippen LogP contribution in [0.3, 0.4) is 0 Å². The van der Waals surface area contributed by atoms with Crippen molar-refractivity contribution in [3.63, 3.8) is 0 Å². The fraction of sp³-hybridized carbons (Fsp3) is 0.333. The van der Waals surface area contributed by atoms with Gasteiger partial charge < -0.3 is 24.1 Å². The Bertz CT molecular complexity index is 1870. The minimum Gasteiger partial charge on any atom is -0.457 e. The molecule has 4 aromatic rings. The molecular formula is C36H38N4O6. The topological polar surface area (TPSA) is 114 Å². The Morgan fingerprint density at radius 1 is 1.11 bits per heavy atom. The highest BCUT2D eigenvalue weighted by Crippen LogP contribution is 2.38. The van der Waals surface area contributed by atoms with Crippen LogP contribution in [0.25, 0.3) is 17.0 Å². The molecule has 0 saturated heterocycles. The second-order valence-corrected chi connectivity index (χ2v) is 12.7. The summed E-state index contributed by atoms with van der Waals surface area (Å²) < 4.78 is 18.1. The quantitative estimate of drug-likeness (QED) is 0.227. The summed E-state index contributed by atoms with van der Waals surface area (Å²) in [6, 6.07) is 13.4. The molecule has 0 unspecified atom stereocenters. The number of carbonyl (C=O) groups excluding carboxylic acids is 3. The van der Waals surface area contributed by atoms with Gasteiger partial charge in [0, 0.05) is 49.8 Å². The third-order valence-corrected chi connectivity index (χ3v) is 8.06. The van der Waals surface area contributed by atoms with Gasteiger partial charge in [0.25, 0.3) is 0 Å². The zero-order valence-corrected chi connectivity index (χ0v) is 26.8. The molecule has 0 aliphatic carbocycles. The standard InChI is InChI=1S/C36H38N4O6/c1-22-28(21-39(5)32(42)15-12-23-18-25-8-6-11-31(41)38-34(25)37-20-23)27-9-7-10-30(33(27)44-22)45-26-13-14-29-24(19-26)16-17-40(29)35(43)46-36(2,3)4/h7,9-10,12-15,18-20H,6,8,11,16-17,21H2,1-5H3,(H,37,38,41)/b15-12+. The van der Waals surface area contributed by atoms with Crippen LogP contribution in [0, 0.1) is 6.92 Å². The van der Waals surface area contributed by atoms with Crippen LogP contribution in [0.4, 0.5) is 16.3 Å². The smallest absolute Gasteiger partial charge is 0.414 e. The number of hydrogen-bond acceptors (Lipinski definition) is 7. The lowest BCUT2D eigenvalue weighted by atomic mass is 10.1. The van der Waals surface area contributed by atoms with Crippen molar-refractivity contribution in [2.24, 2.45) is 0 Å². The van der Waals surface area contributed by atoms with Crippen LogP contribution >= 0.6 is 0 Å². The highest BCUT2D eigenvalue weighted by Gasteiger charge is 2.29. The number of para-hydroxylation sites is 1. The Hall–Kier alpha value is -5.12. The predicted octanol–water partition coefficient (Wildman–Crippen LogP) is 7.17. The molecule has 4 heterocycles. The Morgan fingerprint density at radius 3 is 2.74 bits per heavy atom. The number of benzene rings is 2. The molecule has 0 atom stereocenters. The molecule has 0 radical (unpaired) electrons. The van der Waals surface area contributed by atoms with E-state index in [1.165, 1.54) is 6.08 Å². The van der Waals surface area contributed by atoms with Crippen molar-refractivity contribution in [2.45, 2.75) is 65.5 Å². The van der Waals surface area contributed by atoms with Crippen molar-refractivity contribution in [3.05, 3.63) is 82.8 Å². The zero-order chi connectivity index (χ0) is 32.6. The molecule has 0 saturated carbocycles. The number of likely N-dealkylation sites (N-methyl/N-ethyl adjacent to an activating group) is 1. The summed E-state index contributed by atoms with van der Waals surface area (Å²) in [5.41, 5.74) is 4.53. The summed E-state index contributed by atoms with van der Waals surface area (Å²) in [6.07, 6.45) is 7.28. The number of pyridine rings is 1. The largest absolute Gasteiger partial charge is 0.457 e. The van der Waals surface area contributed by atoms with Crippen molar-refractivity contribution in [3.8, 4) is 11.5 Å². The zero-order valence-electron chi connectivity index (χ0n) is 26.8. The van der Waals surface area contributed by atoms with E-state index in [2.05, 4.69) is 10.3 Å². The molecule has 1 N–H and O–H groups in total. The third-order valence-electron chi connectivity index (χ3n) is 8.06. The highest BCUT2D eigenvalue weighted by molar-refractivity contribution is 5.94. The molecule has 10 nitrogen and oxygen atoms in total. The summed E-state index contributed by atoms with van der Waals surface area (Å²) in [7, 11) is 1.75. The summed E-state index contributed by atoms with van der Waals surface area (Å²) in [5.74, 6) is 2.31. The second kappa shape index (κ2) is 12.3. The number of amides is 3. The van der Waals surface area contributed by atoms with Crippen molar-refractivity contribution in [2.75, 3.05) is 23.8 Å². The van der Waals surface area contributed by atoms with Crippen molar-refractivity contribution in [1.82, 2.24) is 9.88 Å². The normalized spacial score (nSPS) is 14.5. The number of nitrogens with zero attached hydrogens (tertiary/aromatic N) is 3. The van der Waals surface area contributed by atoms with Gasteiger partial charge in [-0.3, -0.25) is 14.5 Å². The highest BCUT2D eigenvalue weighted by atomic mass is 16.6. The first kappa shape index (κ1) is 30.9. The minimum atomic E-state index is -0.568. The average molecular weight is 623 g/mol. The minimum absolute atomic E-state index is 0.0245. The molecule has 0 bridgehead atoms. The maximum absolute atomic E-state index is 13.1. The lowest BCUT2D eigenvalue weighted by Crippen LogP contribution is -2.35. The summed E-state index contributed by atoms with van der Waals surface area (Å²) in [5, 5.41) is 3.70. The fourth-order valence-corrected chi connectivity index (χ4v) is 5.78. The van der Waals surface area contributed by atoms with E-state index < -0.39 is 5.60 Å². The van der Waals surface area contributed by atoms with Crippen LogP contribution in [0.1, 0.15) is 61.6 Å². The summed E-state index contributed by atoms with van der Waals surface area (Å²) in [6.45, 7) is 8.35. The second-order valence-electron chi connectivity index (χ2n) is 12.7. The first-order valence-electron chi connectivity index (χ1n) is 15.5. The number of nitrogens with one attached hydrogen (secondary N) is 1. The SMILES string of the molecule is Cc1oc2c(Oc3ccc4c(c3)CCN4C(=O)OC(C)(C)C)cccc2c1CN(C)C(=O)/C=C/c1cnc2c(c1)CCCC(=O)N2. The Labute approximate surface area is 268 Å². The number of ether oxygens (including phenoxy) is 2. The van der Waals surface area contributed by atoms with Crippen LogP contribution in [0.15, 0.2) is 59.2 Å². The Morgan fingerprint density at radius 2 is 1.93 bits per heavy atom. The van der Waals surface area contributed by atoms with Gasteiger partial charge in [-0.1, -0.05) is 12.1 Å². The number of fused-ring (bicyclic) bond motifs is 3. The molecule has 2 aromatic carbocycles. The van der Waals surface area contributed by atoms with Crippen molar-refractivity contribution < 1.29 is 28.3 Å². The lowest BCUT2D eigenvalue weighted by molar-refractivity contribution is -0.125. The molecule has 3 amide bonds.